The van der Waals surface area contributed by atoms with Crippen LogP contribution in [0.25, 0.3) is 0 Å². The third kappa shape index (κ3) is 35.8. The number of carbonyl (C=O) groups is 2. The van der Waals surface area contributed by atoms with Crippen LogP contribution < -0.4 is 5.73 Å². The molecule has 0 aliphatic heterocycles. The molecule has 0 spiro atoms. The minimum atomic E-state index is -4.38. The molecule has 49 heavy (non-hydrogen) atoms. The predicted molar refractivity (Wildman–Crippen MR) is 201 cm³/mol. The van der Waals surface area contributed by atoms with E-state index in [1.165, 1.54) is 89.9 Å². The molecule has 0 heterocycles. The predicted octanol–water partition coefficient (Wildman–Crippen LogP) is 10.6. The van der Waals surface area contributed by atoms with Crippen molar-refractivity contribution in [3.05, 3.63) is 36.5 Å². The summed E-state index contributed by atoms with van der Waals surface area (Å²) in [4.78, 5) is 34.7. The van der Waals surface area contributed by atoms with Gasteiger partial charge in [-0.1, -0.05) is 147 Å². The van der Waals surface area contributed by atoms with Crippen molar-refractivity contribution in [2.75, 3.05) is 26.4 Å². The molecular formula is C39H72NO8P. The number of unbranched alkanes of at least 4 members (excludes halogenated alkanes) is 17. The third-order valence-electron chi connectivity index (χ3n) is 8.03. The zero-order valence-electron chi connectivity index (χ0n) is 31.2. The molecule has 0 aromatic carbocycles. The first-order chi connectivity index (χ1) is 23.8. The van der Waals surface area contributed by atoms with E-state index < -0.39 is 32.5 Å². The molecule has 0 saturated heterocycles. The van der Waals surface area contributed by atoms with E-state index in [-0.39, 0.29) is 32.6 Å². The van der Waals surface area contributed by atoms with Crippen LogP contribution in [0.4, 0.5) is 0 Å². The van der Waals surface area contributed by atoms with Gasteiger partial charge in [0.2, 0.25) is 0 Å². The highest BCUT2D eigenvalue weighted by atomic mass is 31.2. The fourth-order valence-corrected chi connectivity index (χ4v) is 5.89. The van der Waals surface area contributed by atoms with Crippen molar-refractivity contribution in [3.8, 4) is 0 Å². The summed E-state index contributed by atoms with van der Waals surface area (Å²) >= 11 is 0. The maximum absolute atomic E-state index is 12.5. The van der Waals surface area contributed by atoms with Crippen molar-refractivity contribution in [3.63, 3.8) is 0 Å². The summed E-state index contributed by atoms with van der Waals surface area (Å²) in [7, 11) is -4.38. The van der Waals surface area contributed by atoms with Crippen LogP contribution in [-0.2, 0) is 32.7 Å². The molecule has 0 rings (SSSR count). The minimum Gasteiger partial charge on any atom is -0.462 e. The molecule has 0 amide bonds. The molecule has 0 fully saturated rings. The van der Waals surface area contributed by atoms with Gasteiger partial charge in [0, 0.05) is 19.4 Å². The molecule has 9 nitrogen and oxygen atoms in total. The van der Waals surface area contributed by atoms with Crippen molar-refractivity contribution >= 4 is 19.8 Å². The van der Waals surface area contributed by atoms with E-state index in [0.717, 1.165) is 44.9 Å². The van der Waals surface area contributed by atoms with Gasteiger partial charge in [0.15, 0.2) is 6.10 Å². The van der Waals surface area contributed by atoms with E-state index in [1.54, 1.807) is 0 Å². The van der Waals surface area contributed by atoms with Crippen LogP contribution in [0.2, 0.25) is 0 Å². The largest absolute Gasteiger partial charge is 0.472 e. The number of ether oxygens (including phenoxy) is 2. The van der Waals surface area contributed by atoms with Crippen LogP contribution in [0.5, 0.6) is 0 Å². The Labute approximate surface area is 299 Å². The van der Waals surface area contributed by atoms with E-state index in [1.807, 2.05) is 6.08 Å². The highest BCUT2D eigenvalue weighted by Crippen LogP contribution is 2.43. The van der Waals surface area contributed by atoms with Gasteiger partial charge in [-0.25, -0.2) is 4.57 Å². The Hall–Kier alpha value is -1.77. The van der Waals surface area contributed by atoms with Crippen molar-refractivity contribution in [2.24, 2.45) is 5.73 Å². The normalized spacial score (nSPS) is 13.8. The molecule has 0 aromatic rings. The second-order valence-electron chi connectivity index (χ2n) is 12.8. The van der Waals surface area contributed by atoms with Gasteiger partial charge >= 0.3 is 19.8 Å². The standard InChI is InChI=1S/C39H72NO8P/c1-3-5-7-9-11-13-15-16-17-18-19-20-22-24-26-28-30-32-39(42)48-37(36-47-49(43,44)46-34-33-40)35-45-38(41)31-29-27-25-23-21-14-12-10-8-6-4-2/h16-17,19-20,24,26,37H,3-15,18,21-23,25,27-36,40H2,1-2H3,(H,43,44)/b17-16+,20-19+,26-24+/t37-/m1/s1. The average molecular weight is 714 g/mol. The number of hydrogen-bond acceptors (Lipinski definition) is 8. The smallest absolute Gasteiger partial charge is 0.462 e. The molecule has 0 saturated carbocycles. The van der Waals surface area contributed by atoms with Gasteiger partial charge in [0.1, 0.15) is 6.61 Å². The van der Waals surface area contributed by atoms with Crippen LogP contribution >= 0.6 is 7.82 Å². The van der Waals surface area contributed by atoms with E-state index in [9.17, 15) is 19.0 Å². The van der Waals surface area contributed by atoms with E-state index in [2.05, 4.69) is 44.2 Å². The van der Waals surface area contributed by atoms with Gasteiger partial charge in [-0.3, -0.25) is 18.6 Å². The summed E-state index contributed by atoms with van der Waals surface area (Å²) < 4.78 is 32.6. The van der Waals surface area contributed by atoms with Gasteiger partial charge in [-0.2, -0.15) is 0 Å². The van der Waals surface area contributed by atoms with Crippen LogP contribution in [0.15, 0.2) is 36.5 Å². The minimum absolute atomic E-state index is 0.0461. The number of esters is 2. The molecule has 1 unspecified atom stereocenters. The summed E-state index contributed by atoms with van der Waals surface area (Å²) in [6.07, 6.45) is 37.5. The highest BCUT2D eigenvalue weighted by Gasteiger charge is 2.25. The maximum atomic E-state index is 12.5. The summed E-state index contributed by atoms with van der Waals surface area (Å²) in [6, 6.07) is 0. The van der Waals surface area contributed by atoms with Crippen molar-refractivity contribution < 1.29 is 37.6 Å². The summed E-state index contributed by atoms with van der Waals surface area (Å²) in [5.74, 6) is -0.890. The number of phosphoric acid groups is 1. The number of carbonyl (C=O) groups excluding carboxylic acids is 2. The topological polar surface area (TPSA) is 134 Å². The lowest BCUT2D eigenvalue weighted by Crippen LogP contribution is -2.29. The quantitative estimate of drug-likeness (QED) is 0.0281. The number of nitrogens with two attached hydrogens (primary N) is 1. The van der Waals surface area contributed by atoms with Crippen molar-refractivity contribution in [2.45, 2.75) is 174 Å². The first-order valence-corrected chi connectivity index (χ1v) is 21.0. The summed E-state index contributed by atoms with van der Waals surface area (Å²) in [5, 5.41) is 0. The van der Waals surface area contributed by atoms with Gasteiger partial charge in [-0.05, 0) is 44.9 Å². The number of phosphoric ester groups is 1. The van der Waals surface area contributed by atoms with Crippen molar-refractivity contribution in [1.82, 2.24) is 0 Å². The number of allylic oxidation sites excluding steroid dienone is 6. The lowest BCUT2D eigenvalue weighted by molar-refractivity contribution is -0.161. The first-order valence-electron chi connectivity index (χ1n) is 19.5. The molecule has 3 N–H and O–H groups in total. The summed E-state index contributed by atoms with van der Waals surface area (Å²) in [5.41, 5.74) is 5.33. The molecular weight excluding hydrogens is 641 g/mol. The van der Waals surface area contributed by atoms with Crippen molar-refractivity contribution in [1.29, 1.82) is 0 Å². The van der Waals surface area contributed by atoms with E-state index in [0.29, 0.717) is 6.42 Å². The van der Waals surface area contributed by atoms with Crippen LogP contribution in [0.3, 0.4) is 0 Å². The molecule has 2 atom stereocenters. The SMILES string of the molecule is CCCCCCCC/C=C/C/C=C/C/C=C/CCCC(=O)O[C@H](COC(=O)CCCCCCCCCCCCC)COP(=O)(O)OCCN. The molecule has 0 bridgehead atoms. The fourth-order valence-electron chi connectivity index (χ4n) is 5.12. The first kappa shape index (κ1) is 47.2. The molecule has 10 heteroatoms. The molecule has 286 valence electrons. The Morgan fingerprint density at radius 1 is 0.612 bits per heavy atom. The molecule has 0 aromatic heterocycles. The molecule has 0 aliphatic rings. The van der Waals surface area contributed by atoms with Gasteiger partial charge in [-0.15, -0.1) is 0 Å². The van der Waals surface area contributed by atoms with Crippen LogP contribution in [0.1, 0.15) is 168 Å². The average Bonchev–Trinajstić information content (AvgIpc) is 3.08. The third-order valence-corrected chi connectivity index (χ3v) is 9.01. The van der Waals surface area contributed by atoms with Gasteiger partial charge in [0.05, 0.1) is 13.2 Å². The zero-order valence-corrected chi connectivity index (χ0v) is 32.1. The zero-order chi connectivity index (χ0) is 36.1. The fraction of sp³-hybridized carbons (Fsp3) is 0.795. The molecule has 0 aliphatic carbocycles. The Morgan fingerprint density at radius 2 is 1.08 bits per heavy atom. The maximum Gasteiger partial charge on any atom is 0.472 e. The Morgan fingerprint density at radius 3 is 1.63 bits per heavy atom. The Balaban J connectivity index is 4.30. The number of rotatable bonds is 36. The highest BCUT2D eigenvalue weighted by molar-refractivity contribution is 7.47. The number of hydrogen-bond donors (Lipinski definition) is 2. The van der Waals surface area contributed by atoms with Crippen LogP contribution in [-0.4, -0.2) is 49.3 Å². The molecule has 0 radical (unpaired) electrons. The lowest BCUT2D eigenvalue weighted by Gasteiger charge is -2.19. The van der Waals surface area contributed by atoms with E-state index >= 15 is 0 Å². The van der Waals surface area contributed by atoms with Gasteiger partial charge < -0.3 is 20.1 Å². The Bertz CT molecular complexity index is 907. The van der Waals surface area contributed by atoms with Crippen LogP contribution in [0, 0.1) is 0 Å². The second-order valence-corrected chi connectivity index (χ2v) is 14.3. The summed E-state index contributed by atoms with van der Waals surface area (Å²) in [6.45, 7) is 3.65. The monoisotopic (exact) mass is 713 g/mol. The lowest BCUT2D eigenvalue weighted by atomic mass is 10.1. The Kier molecular flexibility index (Phi) is 34.7. The van der Waals surface area contributed by atoms with E-state index in [4.69, 9.17) is 24.3 Å². The van der Waals surface area contributed by atoms with Gasteiger partial charge in [0.25, 0.3) is 0 Å². The second kappa shape index (κ2) is 36.0.